The maximum absolute atomic E-state index is 12.6. The van der Waals surface area contributed by atoms with E-state index in [-0.39, 0.29) is 11.9 Å². The van der Waals surface area contributed by atoms with Crippen molar-refractivity contribution in [3.63, 3.8) is 0 Å². The van der Waals surface area contributed by atoms with Crippen LogP contribution in [0.3, 0.4) is 0 Å². The topological polar surface area (TPSA) is 41.1 Å². The zero-order valence-electron chi connectivity index (χ0n) is 14.1. The Balaban J connectivity index is 2.96. The van der Waals surface area contributed by atoms with Crippen molar-refractivity contribution in [3.8, 4) is 0 Å². The van der Waals surface area contributed by atoms with Crippen LogP contribution in [-0.4, -0.2) is 18.0 Å². The molecule has 21 heavy (non-hydrogen) atoms. The summed E-state index contributed by atoms with van der Waals surface area (Å²) in [5, 5.41) is 6.50. The van der Waals surface area contributed by atoms with Gasteiger partial charge in [0.25, 0.3) is 0 Å². The number of hydrogen-bond donors (Lipinski definition) is 2. The lowest BCUT2D eigenvalue weighted by molar-refractivity contribution is -0.127. The first kappa shape index (κ1) is 17.7. The van der Waals surface area contributed by atoms with Crippen LogP contribution in [0.25, 0.3) is 0 Å². The van der Waals surface area contributed by atoms with Crippen LogP contribution in [-0.2, 0) is 4.79 Å². The second kappa shape index (κ2) is 8.18. The van der Waals surface area contributed by atoms with Crippen molar-refractivity contribution in [2.24, 2.45) is 5.92 Å². The highest BCUT2D eigenvalue weighted by molar-refractivity contribution is 5.85. The molecule has 1 rings (SSSR count). The first-order valence-corrected chi connectivity index (χ1v) is 8.07. The van der Waals surface area contributed by atoms with E-state index in [9.17, 15) is 4.79 Å². The SMILES string of the molecule is CCNC(C)(C)C(=O)NC(c1ccccc1)C(CC)CC. The van der Waals surface area contributed by atoms with Gasteiger partial charge in [-0.15, -0.1) is 0 Å². The maximum Gasteiger partial charge on any atom is 0.240 e. The molecule has 1 aromatic carbocycles. The molecule has 3 heteroatoms. The summed E-state index contributed by atoms with van der Waals surface area (Å²) in [5.74, 6) is 0.513. The molecular weight excluding hydrogens is 260 g/mol. The fourth-order valence-electron chi connectivity index (χ4n) is 2.74. The Labute approximate surface area is 129 Å². The van der Waals surface area contributed by atoms with Gasteiger partial charge in [-0.3, -0.25) is 4.79 Å². The average molecular weight is 290 g/mol. The van der Waals surface area contributed by atoms with Crippen LogP contribution < -0.4 is 10.6 Å². The quantitative estimate of drug-likeness (QED) is 0.767. The summed E-state index contributed by atoms with van der Waals surface area (Å²) >= 11 is 0. The summed E-state index contributed by atoms with van der Waals surface area (Å²) in [5.41, 5.74) is 0.639. The lowest BCUT2D eigenvalue weighted by atomic mass is 9.88. The molecule has 1 unspecified atom stereocenters. The van der Waals surface area contributed by atoms with Crippen LogP contribution in [0.2, 0.25) is 0 Å². The first-order valence-electron chi connectivity index (χ1n) is 8.07. The Morgan fingerprint density at radius 1 is 1.10 bits per heavy atom. The molecule has 0 aromatic heterocycles. The second-order valence-corrected chi connectivity index (χ2v) is 6.09. The fraction of sp³-hybridized carbons (Fsp3) is 0.611. The van der Waals surface area contributed by atoms with Crippen molar-refractivity contribution in [1.82, 2.24) is 10.6 Å². The summed E-state index contributed by atoms with van der Waals surface area (Å²) in [6, 6.07) is 10.4. The van der Waals surface area contributed by atoms with Gasteiger partial charge in [-0.1, -0.05) is 63.9 Å². The Kier molecular flexibility index (Phi) is 6.90. The monoisotopic (exact) mass is 290 g/mol. The van der Waals surface area contributed by atoms with Gasteiger partial charge in [0.2, 0.25) is 5.91 Å². The molecular formula is C18H30N2O. The number of nitrogens with one attached hydrogen (secondary N) is 2. The first-order chi connectivity index (χ1) is 9.96. The molecule has 0 fully saturated rings. The number of benzene rings is 1. The minimum Gasteiger partial charge on any atom is -0.347 e. The van der Waals surface area contributed by atoms with Crippen LogP contribution in [0.1, 0.15) is 59.1 Å². The molecule has 118 valence electrons. The molecule has 0 saturated heterocycles. The molecule has 0 heterocycles. The number of carbonyl (C=O) groups is 1. The highest BCUT2D eigenvalue weighted by Gasteiger charge is 2.30. The minimum absolute atomic E-state index is 0.0603. The molecule has 0 aliphatic heterocycles. The summed E-state index contributed by atoms with van der Waals surface area (Å²) in [4.78, 5) is 12.6. The van der Waals surface area contributed by atoms with Gasteiger partial charge in [-0.25, -0.2) is 0 Å². The Morgan fingerprint density at radius 3 is 2.14 bits per heavy atom. The van der Waals surface area contributed by atoms with Crippen molar-refractivity contribution in [1.29, 1.82) is 0 Å². The molecule has 0 aliphatic rings. The molecule has 0 radical (unpaired) electrons. The highest BCUT2D eigenvalue weighted by atomic mass is 16.2. The van der Waals surface area contributed by atoms with Crippen molar-refractivity contribution in [2.75, 3.05) is 6.54 Å². The molecule has 2 N–H and O–H groups in total. The van der Waals surface area contributed by atoms with Gasteiger partial charge < -0.3 is 10.6 Å². The molecule has 3 nitrogen and oxygen atoms in total. The van der Waals surface area contributed by atoms with Crippen LogP contribution in [0, 0.1) is 5.92 Å². The normalized spacial score (nSPS) is 13.2. The largest absolute Gasteiger partial charge is 0.347 e. The van der Waals surface area contributed by atoms with E-state index >= 15 is 0 Å². The van der Waals surface area contributed by atoms with E-state index in [0.717, 1.165) is 19.4 Å². The number of amides is 1. The molecule has 1 aromatic rings. The van der Waals surface area contributed by atoms with Crippen molar-refractivity contribution in [3.05, 3.63) is 35.9 Å². The number of rotatable bonds is 8. The van der Waals surface area contributed by atoms with Gasteiger partial charge in [0, 0.05) is 0 Å². The van der Waals surface area contributed by atoms with Gasteiger partial charge in [-0.05, 0) is 31.9 Å². The Bertz CT molecular complexity index is 424. The Morgan fingerprint density at radius 2 is 1.67 bits per heavy atom. The van der Waals surface area contributed by atoms with E-state index in [1.165, 1.54) is 5.56 Å². The van der Waals surface area contributed by atoms with E-state index in [2.05, 4.69) is 36.6 Å². The molecule has 0 aliphatic carbocycles. The number of carbonyl (C=O) groups excluding carboxylic acids is 1. The fourth-order valence-corrected chi connectivity index (χ4v) is 2.74. The third-order valence-corrected chi connectivity index (χ3v) is 4.15. The summed E-state index contributed by atoms with van der Waals surface area (Å²) < 4.78 is 0. The van der Waals surface area contributed by atoms with Crippen molar-refractivity contribution in [2.45, 2.75) is 59.0 Å². The summed E-state index contributed by atoms with van der Waals surface area (Å²) in [6.45, 7) is 11.0. The maximum atomic E-state index is 12.6. The van der Waals surface area contributed by atoms with E-state index in [1.807, 2.05) is 39.0 Å². The second-order valence-electron chi connectivity index (χ2n) is 6.09. The van der Waals surface area contributed by atoms with Gasteiger partial charge in [-0.2, -0.15) is 0 Å². The third kappa shape index (κ3) is 4.85. The summed E-state index contributed by atoms with van der Waals surface area (Å²) in [6.07, 6.45) is 2.11. The molecule has 0 spiro atoms. The van der Waals surface area contributed by atoms with Crippen LogP contribution in [0.5, 0.6) is 0 Å². The van der Waals surface area contributed by atoms with Crippen LogP contribution in [0.4, 0.5) is 0 Å². The Hall–Kier alpha value is -1.35. The minimum atomic E-state index is -0.548. The lowest BCUT2D eigenvalue weighted by Gasteiger charge is -2.32. The van der Waals surface area contributed by atoms with Gasteiger partial charge in [0.1, 0.15) is 0 Å². The van der Waals surface area contributed by atoms with E-state index in [0.29, 0.717) is 5.92 Å². The van der Waals surface area contributed by atoms with E-state index < -0.39 is 5.54 Å². The average Bonchev–Trinajstić information content (AvgIpc) is 2.48. The molecule has 1 atom stereocenters. The van der Waals surface area contributed by atoms with Crippen LogP contribution >= 0.6 is 0 Å². The predicted octanol–water partition coefficient (Wildman–Crippen LogP) is 3.67. The van der Waals surface area contributed by atoms with Gasteiger partial charge in [0.15, 0.2) is 0 Å². The zero-order valence-corrected chi connectivity index (χ0v) is 14.1. The molecule has 0 bridgehead atoms. The van der Waals surface area contributed by atoms with E-state index in [4.69, 9.17) is 0 Å². The van der Waals surface area contributed by atoms with Crippen LogP contribution in [0.15, 0.2) is 30.3 Å². The van der Waals surface area contributed by atoms with Crippen molar-refractivity contribution >= 4 is 5.91 Å². The standard InChI is InChI=1S/C18H30N2O/c1-6-14(7-2)16(15-12-10-9-11-13-15)20-17(21)18(4,5)19-8-3/h9-14,16,19H,6-8H2,1-5H3,(H,20,21). The highest BCUT2D eigenvalue weighted by Crippen LogP contribution is 2.27. The van der Waals surface area contributed by atoms with Crippen molar-refractivity contribution < 1.29 is 4.79 Å². The smallest absolute Gasteiger partial charge is 0.240 e. The number of hydrogen-bond acceptors (Lipinski definition) is 2. The third-order valence-electron chi connectivity index (χ3n) is 4.15. The summed E-state index contributed by atoms with van der Waals surface area (Å²) in [7, 11) is 0. The molecule has 1 amide bonds. The number of likely N-dealkylation sites (N-methyl/N-ethyl adjacent to an activating group) is 1. The van der Waals surface area contributed by atoms with Gasteiger partial charge in [0.05, 0.1) is 11.6 Å². The molecule has 0 saturated carbocycles. The zero-order chi connectivity index (χ0) is 15.9. The lowest BCUT2D eigenvalue weighted by Crippen LogP contribution is -2.53. The predicted molar refractivity (Wildman–Crippen MR) is 89.2 cm³/mol. The van der Waals surface area contributed by atoms with E-state index in [1.54, 1.807) is 0 Å². The van der Waals surface area contributed by atoms with Gasteiger partial charge >= 0.3 is 0 Å².